The fourth-order valence-corrected chi connectivity index (χ4v) is 10.9. The highest BCUT2D eigenvalue weighted by Gasteiger charge is 2.30. The fraction of sp³-hybridized carbons (Fsp3) is 0.630. The van der Waals surface area contributed by atoms with E-state index >= 15 is 0 Å². The molecule has 17 nitrogen and oxygen atoms in total. The maximum atomic E-state index is 13.1. The third kappa shape index (κ3) is 71.1. The second-order valence-corrected chi connectivity index (χ2v) is 27.4. The molecule has 0 rings (SSSR count). The Morgan fingerprint density at radius 1 is 0.300 bits per heavy atom. The van der Waals surface area contributed by atoms with Crippen molar-refractivity contribution in [3.05, 3.63) is 158 Å². The Hall–Kier alpha value is -5.32. The number of unbranched alkanes of at least 4 members (excludes halogenated alkanes) is 18. The molecular formula is C81H132O17P2. The van der Waals surface area contributed by atoms with Crippen molar-refractivity contribution in [3.8, 4) is 0 Å². The summed E-state index contributed by atoms with van der Waals surface area (Å²) >= 11 is 0. The van der Waals surface area contributed by atoms with Gasteiger partial charge in [0.05, 0.1) is 32.8 Å². The van der Waals surface area contributed by atoms with E-state index in [0.717, 1.165) is 193 Å². The van der Waals surface area contributed by atoms with E-state index < -0.39 is 97.5 Å². The zero-order valence-corrected chi connectivity index (χ0v) is 63.6. The van der Waals surface area contributed by atoms with Crippen molar-refractivity contribution < 1.29 is 80.2 Å². The van der Waals surface area contributed by atoms with Gasteiger partial charge in [-0.2, -0.15) is 0 Å². The number of esters is 4. The van der Waals surface area contributed by atoms with Crippen molar-refractivity contribution in [1.82, 2.24) is 0 Å². The zero-order valence-electron chi connectivity index (χ0n) is 61.8. The average Bonchev–Trinajstić information content (AvgIpc) is 0.988. The lowest BCUT2D eigenvalue weighted by Gasteiger charge is -2.21. The number of phosphoric ester groups is 2. The van der Waals surface area contributed by atoms with Crippen LogP contribution in [0.1, 0.15) is 272 Å². The van der Waals surface area contributed by atoms with Crippen LogP contribution >= 0.6 is 15.6 Å². The molecular weight excluding hydrogens is 1310 g/mol. The van der Waals surface area contributed by atoms with E-state index in [2.05, 4.69) is 161 Å². The van der Waals surface area contributed by atoms with Gasteiger partial charge in [0.1, 0.15) is 19.3 Å². The van der Waals surface area contributed by atoms with Gasteiger partial charge in [0.15, 0.2) is 12.2 Å². The minimum atomic E-state index is -5.01. The fourth-order valence-electron chi connectivity index (χ4n) is 9.36. The molecule has 0 aliphatic carbocycles. The van der Waals surface area contributed by atoms with E-state index in [-0.39, 0.29) is 25.7 Å². The van der Waals surface area contributed by atoms with Gasteiger partial charge in [-0.15, -0.1) is 0 Å². The van der Waals surface area contributed by atoms with E-state index in [9.17, 15) is 43.2 Å². The van der Waals surface area contributed by atoms with E-state index in [0.29, 0.717) is 25.7 Å². The van der Waals surface area contributed by atoms with Gasteiger partial charge in [-0.3, -0.25) is 37.3 Å². The number of aliphatic hydroxyl groups excluding tert-OH is 1. The van der Waals surface area contributed by atoms with Crippen molar-refractivity contribution in [2.24, 2.45) is 0 Å². The molecule has 568 valence electrons. The van der Waals surface area contributed by atoms with Gasteiger partial charge in [-0.1, -0.05) is 263 Å². The Balaban J connectivity index is 5.45. The van der Waals surface area contributed by atoms with Crippen LogP contribution in [0.5, 0.6) is 0 Å². The van der Waals surface area contributed by atoms with Crippen LogP contribution in [0.15, 0.2) is 158 Å². The molecule has 19 heteroatoms. The second kappa shape index (κ2) is 72.0. The normalized spacial score (nSPS) is 14.8. The van der Waals surface area contributed by atoms with E-state index in [1.54, 1.807) is 6.08 Å². The van der Waals surface area contributed by atoms with Crippen molar-refractivity contribution in [1.29, 1.82) is 0 Å². The van der Waals surface area contributed by atoms with Crippen molar-refractivity contribution in [2.45, 2.75) is 290 Å². The number of ether oxygens (including phenoxy) is 4. The first-order valence-corrected chi connectivity index (χ1v) is 40.7. The van der Waals surface area contributed by atoms with Gasteiger partial charge in [0.25, 0.3) is 0 Å². The van der Waals surface area contributed by atoms with Crippen LogP contribution in [-0.2, 0) is 65.4 Å². The first-order chi connectivity index (χ1) is 48.7. The largest absolute Gasteiger partial charge is 0.472 e. The SMILES string of the molecule is CC/C=C\C/C=C\C/C=C\C/C=C\C/C=C\CC(=O)OCC(COP(=O)(O)OCC(O)COP(=O)(O)OCC(COC(=O)CCCCCCCCC/C=C\C/C=C\C/C=C\CC)OC(=O)CCCCCCC/C=C\C/C=C\CCC)OC(=O)CCCCCCC/C=C\C/C=C\C/C=C\CC. The molecule has 100 heavy (non-hydrogen) atoms. The number of hydrogen-bond donors (Lipinski definition) is 3. The minimum Gasteiger partial charge on any atom is -0.462 e. The zero-order chi connectivity index (χ0) is 73.2. The summed E-state index contributed by atoms with van der Waals surface area (Å²) in [5.41, 5.74) is 0. The highest BCUT2D eigenvalue weighted by Crippen LogP contribution is 2.45. The molecule has 0 aromatic rings. The maximum absolute atomic E-state index is 13.1. The summed E-state index contributed by atoms with van der Waals surface area (Å²) in [6.45, 7) is 4.29. The highest BCUT2D eigenvalue weighted by molar-refractivity contribution is 7.47. The third-order valence-corrected chi connectivity index (χ3v) is 16.9. The lowest BCUT2D eigenvalue weighted by atomic mass is 10.1. The lowest BCUT2D eigenvalue weighted by molar-refractivity contribution is -0.161. The van der Waals surface area contributed by atoms with Crippen LogP contribution < -0.4 is 0 Å². The molecule has 0 saturated carbocycles. The predicted molar refractivity (Wildman–Crippen MR) is 408 cm³/mol. The molecule has 0 aromatic carbocycles. The maximum Gasteiger partial charge on any atom is 0.472 e. The van der Waals surface area contributed by atoms with Gasteiger partial charge >= 0.3 is 39.5 Å². The number of hydrogen-bond acceptors (Lipinski definition) is 15. The Kier molecular flexibility index (Phi) is 68.2. The van der Waals surface area contributed by atoms with Crippen LogP contribution in [0.4, 0.5) is 0 Å². The monoisotopic (exact) mass is 1440 g/mol. The summed E-state index contributed by atoms with van der Waals surface area (Å²) in [5.74, 6) is -2.38. The van der Waals surface area contributed by atoms with Gasteiger partial charge in [-0.25, -0.2) is 9.13 Å². The van der Waals surface area contributed by atoms with Crippen molar-refractivity contribution in [2.75, 3.05) is 39.6 Å². The topological polar surface area (TPSA) is 237 Å². The number of phosphoric acid groups is 2. The number of aliphatic hydroxyl groups is 1. The Morgan fingerprint density at radius 2 is 0.560 bits per heavy atom. The molecule has 0 fully saturated rings. The molecule has 5 atom stereocenters. The Morgan fingerprint density at radius 3 is 0.890 bits per heavy atom. The second-order valence-electron chi connectivity index (χ2n) is 24.5. The lowest BCUT2D eigenvalue weighted by Crippen LogP contribution is -2.30. The molecule has 3 N–H and O–H groups in total. The minimum absolute atomic E-state index is 0.0506. The number of allylic oxidation sites excluding steroid dienone is 25. The predicted octanol–water partition coefficient (Wildman–Crippen LogP) is 21.7. The van der Waals surface area contributed by atoms with E-state index in [1.807, 2.05) is 18.2 Å². The molecule has 0 heterocycles. The summed E-state index contributed by atoms with van der Waals surface area (Å²) in [6.07, 6.45) is 82.7. The van der Waals surface area contributed by atoms with Crippen LogP contribution in [0.25, 0.3) is 0 Å². The summed E-state index contributed by atoms with van der Waals surface area (Å²) in [7, 11) is -10.00. The molecule has 5 unspecified atom stereocenters. The molecule has 0 bridgehead atoms. The first kappa shape index (κ1) is 94.7. The summed E-state index contributed by atoms with van der Waals surface area (Å²) in [5, 5.41) is 10.6. The standard InChI is InChI=1S/C81H132O17P2/c1-5-9-13-17-21-25-29-33-36-37-40-43-46-50-54-58-62-66-79(84)92-71-76(97-80(85)67-63-59-55-51-47-41-32-28-24-20-16-12-8-4)73-95-99(87,88)93-69-75(82)70-94-100(89,90)96-74-77(98-81(86)68-64-60-56-52-48-44-39-35-31-27-23-19-15-11-7-3)72-91-78(83)65-61-57-53-49-45-42-38-34-30-26-22-18-14-10-6-2/h9-11,13-16,20-23,25-28,32-36,38-39,45,49,57,61,75-77,82H,5-8,12,17-19,24,29-31,37,40-44,46-48,50-56,58-60,62-74H2,1-4H3,(H,87,88)(H,89,90)/b13-9-,14-10-,15-11-,20-16-,25-21-,26-22-,27-23-,32-28-,36-33-,38-34-,39-35-,49-45-,61-57-. The molecule has 0 aliphatic rings. The van der Waals surface area contributed by atoms with Crippen LogP contribution in [0, 0.1) is 0 Å². The number of carbonyl (C=O) groups is 4. The number of carbonyl (C=O) groups excluding carboxylic acids is 4. The Labute approximate surface area is 604 Å². The summed E-state index contributed by atoms with van der Waals surface area (Å²) in [4.78, 5) is 72.8. The average molecular weight is 1440 g/mol. The van der Waals surface area contributed by atoms with Crippen LogP contribution in [-0.4, -0.2) is 96.7 Å². The van der Waals surface area contributed by atoms with Gasteiger partial charge in [0, 0.05) is 19.3 Å². The smallest absolute Gasteiger partial charge is 0.462 e. The molecule has 0 aromatic heterocycles. The van der Waals surface area contributed by atoms with Gasteiger partial charge < -0.3 is 33.8 Å². The van der Waals surface area contributed by atoms with Crippen LogP contribution in [0.2, 0.25) is 0 Å². The van der Waals surface area contributed by atoms with E-state index in [1.165, 1.54) is 0 Å². The van der Waals surface area contributed by atoms with Gasteiger partial charge in [-0.05, 0) is 141 Å². The van der Waals surface area contributed by atoms with E-state index in [4.69, 9.17) is 37.0 Å². The quantitative estimate of drug-likeness (QED) is 0.0169. The van der Waals surface area contributed by atoms with Crippen LogP contribution in [0.3, 0.4) is 0 Å². The molecule has 0 aliphatic heterocycles. The van der Waals surface area contributed by atoms with Crippen molar-refractivity contribution in [3.63, 3.8) is 0 Å². The van der Waals surface area contributed by atoms with Crippen molar-refractivity contribution >= 4 is 39.5 Å². The third-order valence-electron chi connectivity index (χ3n) is 15.0. The summed E-state index contributed by atoms with van der Waals surface area (Å²) < 4.78 is 68.3. The molecule has 0 amide bonds. The first-order valence-electron chi connectivity index (χ1n) is 37.7. The molecule has 0 spiro atoms. The molecule has 0 saturated heterocycles. The Bertz CT molecular complexity index is 2520. The number of rotatable bonds is 69. The highest BCUT2D eigenvalue weighted by atomic mass is 31.2. The van der Waals surface area contributed by atoms with Gasteiger partial charge in [0.2, 0.25) is 0 Å². The summed E-state index contributed by atoms with van der Waals surface area (Å²) in [6, 6.07) is 0. The molecule has 0 radical (unpaired) electrons.